The third-order valence-electron chi connectivity index (χ3n) is 6.10. The summed E-state index contributed by atoms with van der Waals surface area (Å²) in [5.74, 6) is -1.02. The average Bonchev–Trinajstić information content (AvgIpc) is 3.27. The molecule has 1 saturated heterocycles. The monoisotopic (exact) mass is 445 g/mol. The number of aliphatic hydroxyl groups excluding tert-OH is 1. The van der Waals surface area contributed by atoms with Crippen molar-refractivity contribution in [2.45, 2.75) is 77.3 Å². The number of aliphatic hydroxyl groups is 1. The molecule has 0 aliphatic carbocycles. The van der Waals surface area contributed by atoms with E-state index < -0.39 is 12.0 Å². The van der Waals surface area contributed by atoms with Crippen LogP contribution in [0.2, 0.25) is 0 Å². The van der Waals surface area contributed by atoms with Crippen molar-refractivity contribution >= 4 is 17.7 Å². The fourth-order valence-electron chi connectivity index (χ4n) is 4.31. The molecular weight excluding hydrogens is 406 g/mol. The Labute approximate surface area is 191 Å². The Morgan fingerprint density at radius 1 is 1.16 bits per heavy atom. The number of hydrogen-bond acceptors (Lipinski definition) is 4. The van der Waals surface area contributed by atoms with Crippen molar-refractivity contribution in [1.82, 2.24) is 15.5 Å². The van der Waals surface area contributed by atoms with Gasteiger partial charge in [-0.3, -0.25) is 14.4 Å². The SMILES string of the molecule is CCCCCC(CC(=O)NCC)C(=O)NC(Cc1ccccc1)C(=O)N1CCCC1CO. The molecule has 1 heterocycles. The zero-order valence-electron chi connectivity index (χ0n) is 19.5. The van der Waals surface area contributed by atoms with E-state index in [1.54, 1.807) is 4.90 Å². The molecule has 3 N–H and O–H groups in total. The van der Waals surface area contributed by atoms with Crippen LogP contribution in [0.4, 0.5) is 0 Å². The quantitative estimate of drug-likeness (QED) is 0.406. The normalized spacial score (nSPS) is 17.6. The molecule has 0 radical (unpaired) electrons. The minimum atomic E-state index is -0.722. The van der Waals surface area contributed by atoms with E-state index in [0.29, 0.717) is 25.9 Å². The first-order chi connectivity index (χ1) is 15.5. The number of hydrogen-bond donors (Lipinski definition) is 3. The Balaban J connectivity index is 2.17. The highest BCUT2D eigenvalue weighted by molar-refractivity contribution is 5.91. The molecule has 1 aliphatic rings. The fraction of sp³-hybridized carbons (Fsp3) is 0.640. The molecule has 1 aromatic carbocycles. The summed E-state index contributed by atoms with van der Waals surface area (Å²) in [6.07, 6.45) is 5.63. The highest BCUT2D eigenvalue weighted by Gasteiger charge is 2.34. The van der Waals surface area contributed by atoms with Crippen LogP contribution in [0.25, 0.3) is 0 Å². The van der Waals surface area contributed by atoms with Crippen molar-refractivity contribution in [2.75, 3.05) is 19.7 Å². The van der Waals surface area contributed by atoms with E-state index in [-0.39, 0.29) is 36.8 Å². The van der Waals surface area contributed by atoms with Gasteiger partial charge in [-0.05, 0) is 31.7 Å². The maximum absolute atomic E-state index is 13.4. The first kappa shape index (κ1) is 25.8. The predicted octanol–water partition coefficient (Wildman–Crippen LogP) is 2.42. The van der Waals surface area contributed by atoms with Crippen LogP contribution in [0, 0.1) is 5.92 Å². The largest absolute Gasteiger partial charge is 0.394 e. The summed E-state index contributed by atoms with van der Waals surface area (Å²) in [7, 11) is 0. The number of carbonyl (C=O) groups excluding carboxylic acids is 3. The summed E-state index contributed by atoms with van der Waals surface area (Å²) in [6.45, 7) is 4.99. The molecule has 0 saturated carbocycles. The average molecular weight is 446 g/mol. The van der Waals surface area contributed by atoms with Gasteiger partial charge in [0.15, 0.2) is 0 Å². The van der Waals surface area contributed by atoms with Crippen molar-refractivity contribution < 1.29 is 19.5 Å². The van der Waals surface area contributed by atoms with Crippen LogP contribution in [0.1, 0.15) is 64.4 Å². The van der Waals surface area contributed by atoms with Crippen molar-refractivity contribution in [2.24, 2.45) is 5.92 Å². The summed E-state index contributed by atoms with van der Waals surface area (Å²) < 4.78 is 0. The van der Waals surface area contributed by atoms with Crippen LogP contribution in [0.15, 0.2) is 30.3 Å². The minimum Gasteiger partial charge on any atom is -0.394 e. The number of unbranched alkanes of at least 4 members (excludes halogenated alkanes) is 2. The van der Waals surface area contributed by atoms with E-state index in [9.17, 15) is 19.5 Å². The van der Waals surface area contributed by atoms with Crippen molar-refractivity contribution in [3.05, 3.63) is 35.9 Å². The molecule has 0 bridgehead atoms. The highest BCUT2D eigenvalue weighted by Crippen LogP contribution is 2.20. The second kappa shape index (κ2) is 13.9. The number of benzene rings is 1. The molecular formula is C25H39N3O4. The van der Waals surface area contributed by atoms with Crippen LogP contribution in [0.3, 0.4) is 0 Å². The van der Waals surface area contributed by atoms with Crippen LogP contribution in [0.5, 0.6) is 0 Å². The van der Waals surface area contributed by atoms with Gasteiger partial charge in [0, 0.05) is 31.8 Å². The lowest BCUT2D eigenvalue weighted by Gasteiger charge is -2.29. The lowest BCUT2D eigenvalue weighted by Crippen LogP contribution is -2.53. The van der Waals surface area contributed by atoms with E-state index >= 15 is 0 Å². The molecule has 0 aromatic heterocycles. The Morgan fingerprint density at radius 3 is 2.56 bits per heavy atom. The molecule has 3 unspecified atom stereocenters. The Morgan fingerprint density at radius 2 is 1.91 bits per heavy atom. The molecule has 178 valence electrons. The van der Waals surface area contributed by atoms with Gasteiger partial charge in [0.2, 0.25) is 17.7 Å². The topological polar surface area (TPSA) is 98.7 Å². The van der Waals surface area contributed by atoms with Crippen LogP contribution >= 0.6 is 0 Å². The third-order valence-corrected chi connectivity index (χ3v) is 6.10. The van der Waals surface area contributed by atoms with E-state index in [0.717, 1.165) is 37.7 Å². The van der Waals surface area contributed by atoms with E-state index in [1.165, 1.54) is 0 Å². The second-order valence-corrected chi connectivity index (χ2v) is 8.61. The lowest BCUT2D eigenvalue weighted by atomic mass is 9.95. The second-order valence-electron chi connectivity index (χ2n) is 8.61. The number of carbonyl (C=O) groups is 3. The molecule has 7 heteroatoms. The minimum absolute atomic E-state index is 0.0748. The number of likely N-dealkylation sites (tertiary alicyclic amines) is 1. The first-order valence-corrected chi connectivity index (χ1v) is 12.0. The van der Waals surface area contributed by atoms with Gasteiger partial charge in [-0.1, -0.05) is 56.5 Å². The summed E-state index contributed by atoms with van der Waals surface area (Å²) in [5.41, 5.74) is 0.956. The molecule has 3 atom stereocenters. The van der Waals surface area contributed by atoms with Gasteiger partial charge < -0.3 is 20.6 Å². The van der Waals surface area contributed by atoms with Gasteiger partial charge in [0.05, 0.1) is 12.6 Å². The van der Waals surface area contributed by atoms with Crippen LogP contribution in [-0.4, -0.2) is 59.5 Å². The highest BCUT2D eigenvalue weighted by atomic mass is 16.3. The van der Waals surface area contributed by atoms with Gasteiger partial charge in [-0.2, -0.15) is 0 Å². The predicted molar refractivity (Wildman–Crippen MR) is 125 cm³/mol. The number of nitrogens with zero attached hydrogens (tertiary/aromatic N) is 1. The standard InChI is InChI=1S/C25H39N3O4/c1-3-5-7-13-20(17-23(30)26-4-2)24(31)27-22(16-19-11-8-6-9-12-19)25(32)28-15-10-14-21(28)18-29/h6,8-9,11-12,20-22,29H,3-5,7,10,13-18H2,1-2H3,(H,26,30)(H,27,31). The van der Waals surface area contributed by atoms with E-state index in [4.69, 9.17) is 0 Å². The van der Waals surface area contributed by atoms with Crippen LogP contribution < -0.4 is 10.6 Å². The van der Waals surface area contributed by atoms with Gasteiger partial charge in [-0.25, -0.2) is 0 Å². The molecule has 7 nitrogen and oxygen atoms in total. The maximum atomic E-state index is 13.4. The molecule has 3 amide bonds. The Hall–Kier alpha value is -2.41. The number of nitrogens with one attached hydrogen (secondary N) is 2. The Kier molecular flexibility index (Phi) is 11.2. The van der Waals surface area contributed by atoms with Gasteiger partial charge in [0.1, 0.15) is 6.04 Å². The zero-order chi connectivity index (χ0) is 23.3. The lowest BCUT2D eigenvalue weighted by molar-refractivity contribution is -0.139. The van der Waals surface area contributed by atoms with Crippen molar-refractivity contribution in [3.63, 3.8) is 0 Å². The molecule has 0 spiro atoms. The van der Waals surface area contributed by atoms with Crippen LogP contribution in [-0.2, 0) is 20.8 Å². The maximum Gasteiger partial charge on any atom is 0.245 e. The molecule has 2 rings (SSSR count). The summed E-state index contributed by atoms with van der Waals surface area (Å²) in [5, 5.41) is 15.4. The first-order valence-electron chi connectivity index (χ1n) is 12.0. The van der Waals surface area contributed by atoms with Gasteiger partial charge in [-0.15, -0.1) is 0 Å². The number of amides is 3. The third kappa shape index (κ3) is 7.93. The molecule has 1 aliphatic heterocycles. The fourth-order valence-corrected chi connectivity index (χ4v) is 4.31. The summed E-state index contributed by atoms with van der Waals surface area (Å²) in [4.78, 5) is 40.5. The summed E-state index contributed by atoms with van der Waals surface area (Å²) in [6, 6.07) is 8.69. The molecule has 32 heavy (non-hydrogen) atoms. The Bertz CT molecular complexity index is 725. The van der Waals surface area contributed by atoms with E-state index in [2.05, 4.69) is 17.6 Å². The summed E-state index contributed by atoms with van der Waals surface area (Å²) >= 11 is 0. The molecule has 1 aromatic rings. The molecule has 1 fully saturated rings. The van der Waals surface area contributed by atoms with E-state index in [1.807, 2.05) is 37.3 Å². The number of rotatable bonds is 13. The van der Waals surface area contributed by atoms with Crippen molar-refractivity contribution in [1.29, 1.82) is 0 Å². The van der Waals surface area contributed by atoms with Gasteiger partial charge >= 0.3 is 0 Å². The van der Waals surface area contributed by atoms with Gasteiger partial charge in [0.25, 0.3) is 0 Å². The smallest absolute Gasteiger partial charge is 0.245 e. The zero-order valence-corrected chi connectivity index (χ0v) is 19.5. The van der Waals surface area contributed by atoms with Crippen molar-refractivity contribution in [3.8, 4) is 0 Å².